The van der Waals surface area contributed by atoms with Crippen LogP contribution in [0.4, 0.5) is 4.39 Å². The van der Waals surface area contributed by atoms with Gasteiger partial charge in [0.25, 0.3) is 5.91 Å². The Balaban J connectivity index is 1.54. The van der Waals surface area contributed by atoms with E-state index in [1.165, 1.54) is 31.4 Å². The standard InChI is InChI=1S/C19H25FN2O2/c1-13-6-3-4-10-22(13)11-5-9-21-19(23)18-14(2)16-12-15(20)7-8-17(16)24-18/h7-8,12-13H,3-6,9-11H2,1-2H3,(H,21,23)/t13-/m1/s1. The van der Waals surface area contributed by atoms with E-state index < -0.39 is 0 Å². The summed E-state index contributed by atoms with van der Waals surface area (Å²) in [4.78, 5) is 14.8. The second-order valence-corrected chi connectivity index (χ2v) is 6.69. The average Bonchev–Trinajstić information content (AvgIpc) is 2.89. The van der Waals surface area contributed by atoms with Gasteiger partial charge in [-0.2, -0.15) is 0 Å². The molecule has 2 heterocycles. The van der Waals surface area contributed by atoms with Gasteiger partial charge in [-0.15, -0.1) is 0 Å². The van der Waals surface area contributed by atoms with E-state index in [1.54, 1.807) is 13.0 Å². The molecule has 1 saturated heterocycles. The summed E-state index contributed by atoms with van der Waals surface area (Å²) in [6.45, 7) is 6.84. The largest absolute Gasteiger partial charge is 0.451 e. The Hall–Kier alpha value is -1.88. The van der Waals surface area contributed by atoms with Gasteiger partial charge in [0.05, 0.1) is 0 Å². The van der Waals surface area contributed by atoms with Crippen molar-refractivity contribution in [1.82, 2.24) is 10.2 Å². The zero-order valence-corrected chi connectivity index (χ0v) is 14.4. The molecule has 1 aromatic carbocycles. The first-order valence-electron chi connectivity index (χ1n) is 8.77. The maximum absolute atomic E-state index is 13.3. The average molecular weight is 332 g/mol. The van der Waals surface area contributed by atoms with Crippen LogP contribution < -0.4 is 5.32 Å². The van der Waals surface area contributed by atoms with Gasteiger partial charge < -0.3 is 14.6 Å². The number of halogens is 1. The van der Waals surface area contributed by atoms with Gasteiger partial charge in [0, 0.05) is 30.1 Å². The molecule has 2 aromatic rings. The van der Waals surface area contributed by atoms with Crippen LogP contribution in [-0.4, -0.2) is 36.5 Å². The minimum atomic E-state index is -0.325. The molecule has 3 rings (SSSR count). The normalized spacial score (nSPS) is 18.9. The predicted molar refractivity (Wildman–Crippen MR) is 92.7 cm³/mol. The van der Waals surface area contributed by atoms with E-state index in [4.69, 9.17) is 4.42 Å². The Morgan fingerprint density at radius 3 is 3.04 bits per heavy atom. The van der Waals surface area contributed by atoms with Crippen LogP contribution in [0.15, 0.2) is 22.6 Å². The quantitative estimate of drug-likeness (QED) is 0.845. The molecule has 4 nitrogen and oxygen atoms in total. The van der Waals surface area contributed by atoms with Gasteiger partial charge in [-0.3, -0.25) is 4.79 Å². The van der Waals surface area contributed by atoms with Crippen LogP contribution in [0.1, 0.15) is 48.7 Å². The molecule has 1 aliphatic heterocycles. The lowest BCUT2D eigenvalue weighted by molar-refractivity contribution is 0.0922. The lowest BCUT2D eigenvalue weighted by atomic mass is 10.0. The predicted octanol–water partition coefficient (Wildman–Crippen LogP) is 3.87. The van der Waals surface area contributed by atoms with E-state index in [9.17, 15) is 9.18 Å². The molecule has 1 fully saturated rings. The summed E-state index contributed by atoms with van der Waals surface area (Å²) in [5, 5.41) is 3.57. The Kier molecular flexibility index (Phi) is 5.19. The Morgan fingerprint density at radius 1 is 1.42 bits per heavy atom. The van der Waals surface area contributed by atoms with Gasteiger partial charge in [-0.05, 0) is 57.9 Å². The Morgan fingerprint density at radius 2 is 2.25 bits per heavy atom. The number of benzene rings is 1. The molecular formula is C19H25FN2O2. The zero-order chi connectivity index (χ0) is 17.1. The monoisotopic (exact) mass is 332 g/mol. The van der Waals surface area contributed by atoms with E-state index in [2.05, 4.69) is 17.1 Å². The van der Waals surface area contributed by atoms with Crippen LogP contribution in [0.2, 0.25) is 0 Å². The summed E-state index contributed by atoms with van der Waals surface area (Å²) in [5.74, 6) is -0.272. The van der Waals surface area contributed by atoms with Crippen LogP contribution in [0.3, 0.4) is 0 Å². The van der Waals surface area contributed by atoms with Crippen molar-refractivity contribution in [3.63, 3.8) is 0 Å². The van der Waals surface area contributed by atoms with Crippen LogP contribution >= 0.6 is 0 Å². The van der Waals surface area contributed by atoms with Gasteiger partial charge >= 0.3 is 0 Å². The van der Waals surface area contributed by atoms with Crippen molar-refractivity contribution in [1.29, 1.82) is 0 Å². The van der Waals surface area contributed by atoms with Gasteiger partial charge in [0.15, 0.2) is 5.76 Å². The molecule has 1 aliphatic rings. The van der Waals surface area contributed by atoms with Crippen molar-refractivity contribution in [2.45, 2.75) is 45.6 Å². The van der Waals surface area contributed by atoms with Crippen molar-refractivity contribution < 1.29 is 13.6 Å². The van der Waals surface area contributed by atoms with Crippen LogP contribution in [0, 0.1) is 12.7 Å². The minimum absolute atomic E-state index is 0.226. The van der Waals surface area contributed by atoms with Crippen molar-refractivity contribution in [2.75, 3.05) is 19.6 Å². The molecule has 0 aliphatic carbocycles. The van der Waals surface area contributed by atoms with Crippen molar-refractivity contribution in [3.05, 3.63) is 35.3 Å². The lowest BCUT2D eigenvalue weighted by Gasteiger charge is -2.33. The summed E-state index contributed by atoms with van der Waals surface area (Å²) in [6.07, 6.45) is 4.77. The van der Waals surface area contributed by atoms with Gasteiger partial charge in [0.1, 0.15) is 11.4 Å². The van der Waals surface area contributed by atoms with Gasteiger partial charge in [-0.25, -0.2) is 4.39 Å². The van der Waals surface area contributed by atoms with Crippen LogP contribution in [0.5, 0.6) is 0 Å². The molecule has 1 N–H and O–H groups in total. The number of hydrogen-bond acceptors (Lipinski definition) is 3. The first-order chi connectivity index (χ1) is 11.6. The first kappa shape index (κ1) is 17.0. The number of nitrogens with one attached hydrogen (secondary N) is 1. The van der Waals surface area contributed by atoms with E-state index in [0.29, 0.717) is 29.1 Å². The fraction of sp³-hybridized carbons (Fsp3) is 0.526. The SMILES string of the molecule is Cc1c(C(=O)NCCCN2CCCC[C@H]2C)oc2ccc(F)cc12. The third-order valence-corrected chi connectivity index (χ3v) is 4.95. The minimum Gasteiger partial charge on any atom is -0.451 e. The Bertz CT molecular complexity index is 725. The van der Waals surface area contributed by atoms with E-state index in [-0.39, 0.29) is 17.5 Å². The number of nitrogens with zero attached hydrogens (tertiary/aromatic N) is 1. The first-order valence-corrected chi connectivity index (χ1v) is 8.77. The smallest absolute Gasteiger partial charge is 0.287 e. The van der Waals surface area contributed by atoms with E-state index in [0.717, 1.165) is 19.5 Å². The topological polar surface area (TPSA) is 45.5 Å². The summed E-state index contributed by atoms with van der Waals surface area (Å²) in [7, 11) is 0. The number of furan rings is 1. The Labute approximate surface area is 142 Å². The van der Waals surface area contributed by atoms with Crippen molar-refractivity contribution in [2.24, 2.45) is 0 Å². The number of likely N-dealkylation sites (tertiary alicyclic amines) is 1. The lowest BCUT2D eigenvalue weighted by Crippen LogP contribution is -2.39. The van der Waals surface area contributed by atoms with Crippen LogP contribution in [0.25, 0.3) is 11.0 Å². The highest BCUT2D eigenvalue weighted by Gasteiger charge is 2.19. The molecule has 1 amide bonds. The fourth-order valence-electron chi connectivity index (χ4n) is 3.46. The molecule has 0 spiro atoms. The number of rotatable bonds is 5. The van der Waals surface area contributed by atoms with Crippen molar-refractivity contribution in [3.8, 4) is 0 Å². The maximum atomic E-state index is 13.3. The molecule has 1 atom stereocenters. The number of carbonyl (C=O) groups excluding carboxylic acids is 1. The highest BCUT2D eigenvalue weighted by atomic mass is 19.1. The molecule has 0 radical (unpaired) electrons. The molecule has 0 saturated carbocycles. The molecule has 130 valence electrons. The van der Waals surface area contributed by atoms with Crippen LogP contribution in [-0.2, 0) is 0 Å². The third-order valence-electron chi connectivity index (χ3n) is 4.95. The van der Waals surface area contributed by atoms with E-state index >= 15 is 0 Å². The summed E-state index contributed by atoms with van der Waals surface area (Å²) < 4.78 is 18.9. The number of hydrogen-bond donors (Lipinski definition) is 1. The molecule has 24 heavy (non-hydrogen) atoms. The highest BCUT2D eigenvalue weighted by Crippen LogP contribution is 2.25. The molecule has 0 bridgehead atoms. The fourth-order valence-corrected chi connectivity index (χ4v) is 3.46. The number of piperidine rings is 1. The second-order valence-electron chi connectivity index (χ2n) is 6.69. The van der Waals surface area contributed by atoms with Gasteiger partial charge in [0.2, 0.25) is 0 Å². The number of aryl methyl sites for hydroxylation is 1. The number of fused-ring (bicyclic) bond motifs is 1. The van der Waals surface area contributed by atoms with Gasteiger partial charge in [-0.1, -0.05) is 6.42 Å². The molecular weight excluding hydrogens is 307 g/mol. The maximum Gasteiger partial charge on any atom is 0.287 e. The molecule has 0 unspecified atom stereocenters. The summed E-state index contributed by atoms with van der Waals surface area (Å²) in [6, 6.07) is 4.95. The number of carbonyl (C=O) groups is 1. The van der Waals surface area contributed by atoms with E-state index in [1.807, 2.05) is 0 Å². The molecule has 5 heteroatoms. The zero-order valence-electron chi connectivity index (χ0n) is 14.4. The molecule has 1 aromatic heterocycles. The van der Waals surface area contributed by atoms with Crippen molar-refractivity contribution >= 4 is 16.9 Å². The summed E-state index contributed by atoms with van der Waals surface area (Å²) in [5.41, 5.74) is 1.23. The summed E-state index contributed by atoms with van der Waals surface area (Å²) >= 11 is 0. The number of amides is 1. The second kappa shape index (κ2) is 7.34. The highest BCUT2D eigenvalue weighted by molar-refractivity contribution is 5.98. The third kappa shape index (κ3) is 3.61.